The number of nitrogens with one attached hydrogen (secondary N) is 1. The van der Waals surface area contributed by atoms with Crippen LogP contribution in [0.3, 0.4) is 0 Å². The highest BCUT2D eigenvalue weighted by Gasteiger charge is 2.25. The van der Waals surface area contributed by atoms with E-state index < -0.39 is 10.0 Å². The lowest BCUT2D eigenvalue weighted by Crippen LogP contribution is -2.36. The third kappa shape index (κ3) is 3.37. The van der Waals surface area contributed by atoms with E-state index in [0.29, 0.717) is 55.0 Å². The van der Waals surface area contributed by atoms with Crippen molar-refractivity contribution >= 4 is 27.3 Å². The van der Waals surface area contributed by atoms with E-state index in [1.54, 1.807) is 24.3 Å². The van der Waals surface area contributed by atoms with Crippen LogP contribution in [0.25, 0.3) is 0 Å². The van der Waals surface area contributed by atoms with Crippen LogP contribution in [0.15, 0.2) is 41.3 Å². The van der Waals surface area contributed by atoms with Gasteiger partial charge in [-0.15, -0.1) is 0 Å². The van der Waals surface area contributed by atoms with E-state index in [-0.39, 0.29) is 10.8 Å². The molecule has 0 fully saturated rings. The topological polar surface area (TPSA) is 94.2 Å². The van der Waals surface area contributed by atoms with Gasteiger partial charge in [0.2, 0.25) is 5.91 Å². The first-order valence-electron chi connectivity index (χ1n) is 8.41. The van der Waals surface area contributed by atoms with Crippen molar-refractivity contribution in [2.75, 3.05) is 36.0 Å². The quantitative estimate of drug-likeness (QED) is 0.862. The van der Waals surface area contributed by atoms with Crippen LogP contribution in [0.2, 0.25) is 0 Å². The highest BCUT2D eigenvalue weighted by atomic mass is 32.2. The summed E-state index contributed by atoms with van der Waals surface area (Å²) in [5.74, 6) is 1.37. The Morgan fingerprint density at radius 1 is 0.963 bits per heavy atom. The van der Waals surface area contributed by atoms with Crippen LogP contribution in [-0.2, 0) is 14.8 Å². The zero-order valence-electron chi connectivity index (χ0n) is 14.6. The minimum absolute atomic E-state index is 0.0351. The summed E-state index contributed by atoms with van der Waals surface area (Å²) in [5.41, 5.74) is 0.801. The van der Waals surface area contributed by atoms with Gasteiger partial charge in [-0.25, -0.2) is 8.42 Å². The van der Waals surface area contributed by atoms with Crippen LogP contribution in [0, 0.1) is 0 Å². The predicted octanol–water partition coefficient (Wildman–Crippen LogP) is 2.00. The predicted molar refractivity (Wildman–Crippen MR) is 98.2 cm³/mol. The summed E-state index contributed by atoms with van der Waals surface area (Å²) in [6.07, 6.45) is 0. The molecule has 0 spiro atoms. The summed E-state index contributed by atoms with van der Waals surface area (Å²) in [5, 5.41) is 0. The van der Waals surface area contributed by atoms with Crippen molar-refractivity contribution in [1.82, 2.24) is 0 Å². The number of rotatable bonds is 3. The zero-order valence-corrected chi connectivity index (χ0v) is 15.4. The molecule has 142 valence electrons. The van der Waals surface area contributed by atoms with Crippen molar-refractivity contribution in [2.24, 2.45) is 0 Å². The number of anilines is 2. The van der Waals surface area contributed by atoms with E-state index >= 15 is 0 Å². The molecular weight excluding hydrogens is 372 g/mol. The molecule has 0 bridgehead atoms. The summed E-state index contributed by atoms with van der Waals surface area (Å²) in [6, 6.07) is 9.29. The van der Waals surface area contributed by atoms with E-state index in [1.807, 2.05) is 0 Å². The second-order valence-corrected chi connectivity index (χ2v) is 7.79. The molecule has 2 heterocycles. The molecule has 8 nitrogen and oxygen atoms in total. The SMILES string of the molecule is CC(=O)N1CCOc2ccc(S(=O)(=O)Nc3ccc4c(c3)OCCO4)cc21. The monoisotopic (exact) mass is 390 g/mol. The van der Waals surface area contributed by atoms with Gasteiger partial charge in [-0.05, 0) is 30.3 Å². The lowest BCUT2D eigenvalue weighted by atomic mass is 10.2. The van der Waals surface area contributed by atoms with Gasteiger partial charge in [0.05, 0.1) is 22.8 Å². The Morgan fingerprint density at radius 3 is 2.44 bits per heavy atom. The molecule has 2 aliphatic rings. The maximum Gasteiger partial charge on any atom is 0.261 e. The number of carbonyl (C=O) groups is 1. The molecule has 9 heteroatoms. The molecule has 0 radical (unpaired) electrons. The molecule has 2 aromatic rings. The fourth-order valence-electron chi connectivity index (χ4n) is 3.01. The third-order valence-corrected chi connectivity index (χ3v) is 5.66. The smallest absolute Gasteiger partial charge is 0.261 e. The van der Waals surface area contributed by atoms with Crippen LogP contribution in [0.1, 0.15) is 6.92 Å². The number of benzene rings is 2. The van der Waals surface area contributed by atoms with Crippen LogP contribution in [0.5, 0.6) is 17.2 Å². The number of amides is 1. The minimum atomic E-state index is -3.86. The molecule has 0 saturated heterocycles. The number of sulfonamides is 1. The number of fused-ring (bicyclic) bond motifs is 2. The van der Waals surface area contributed by atoms with Crippen molar-refractivity contribution in [1.29, 1.82) is 0 Å². The van der Waals surface area contributed by atoms with Crippen molar-refractivity contribution in [3.63, 3.8) is 0 Å². The van der Waals surface area contributed by atoms with E-state index in [2.05, 4.69) is 4.72 Å². The van der Waals surface area contributed by atoms with Gasteiger partial charge >= 0.3 is 0 Å². The Balaban J connectivity index is 1.64. The average molecular weight is 390 g/mol. The van der Waals surface area contributed by atoms with E-state index in [9.17, 15) is 13.2 Å². The minimum Gasteiger partial charge on any atom is -0.490 e. The molecule has 0 aromatic heterocycles. The second-order valence-electron chi connectivity index (χ2n) is 6.11. The summed E-state index contributed by atoms with van der Waals surface area (Å²) < 4.78 is 44.6. The second kappa shape index (κ2) is 6.66. The lowest BCUT2D eigenvalue weighted by molar-refractivity contribution is -0.116. The van der Waals surface area contributed by atoms with Crippen molar-refractivity contribution in [3.05, 3.63) is 36.4 Å². The van der Waals surface area contributed by atoms with Crippen molar-refractivity contribution < 1.29 is 27.4 Å². The molecule has 4 rings (SSSR count). The molecule has 0 atom stereocenters. The molecule has 0 aliphatic carbocycles. The molecule has 1 N–H and O–H groups in total. The fraction of sp³-hybridized carbons (Fsp3) is 0.278. The van der Waals surface area contributed by atoms with Gasteiger partial charge in [-0.2, -0.15) is 0 Å². The van der Waals surface area contributed by atoms with Gasteiger partial charge in [-0.3, -0.25) is 9.52 Å². The number of nitrogens with zero attached hydrogens (tertiary/aromatic N) is 1. The first-order valence-corrected chi connectivity index (χ1v) is 9.90. The lowest BCUT2D eigenvalue weighted by Gasteiger charge is -2.29. The van der Waals surface area contributed by atoms with Gasteiger partial charge in [0.25, 0.3) is 10.0 Å². The number of ether oxygens (including phenoxy) is 3. The molecule has 2 aromatic carbocycles. The Kier molecular flexibility index (Phi) is 4.31. The van der Waals surface area contributed by atoms with Gasteiger partial charge < -0.3 is 19.1 Å². The first-order chi connectivity index (χ1) is 12.9. The largest absolute Gasteiger partial charge is 0.490 e. The standard InChI is InChI=1S/C18H18N2O6S/c1-12(21)20-6-7-24-16-5-3-14(11-15(16)20)27(22,23)19-13-2-4-17-18(10-13)26-9-8-25-17/h2-5,10-11,19H,6-9H2,1H3. The molecular formula is C18H18N2O6S. The number of carbonyl (C=O) groups excluding carboxylic acids is 1. The highest BCUT2D eigenvalue weighted by molar-refractivity contribution is 7.92. The van der Waals surface area contributed by atoms with E-state index in [0.717, 1.165) is 0 Å². The van der Waals surface area contributed by atoms with Crippen LogP contribution in [0.4, 0.5) is 11.4 Å². The molecule has 1 amide bonds. The third-order valence-electron chi connectivity index (χ3n) is 4.28. The molecule has 2 aliphatic heterocycles. The van der Waals surface area contributed by atoms with Crippen LogP contribution < -0.4 is 23.8 Å². The number of hydrogen-bond acceptors (Lipinski definition) is 6. The zero-order chi connectivity index (χ0) is 19.0. The molecule has 27 heavy (non-hydrogen) atoms. The fourth-order valence-corrected chi connectivity index (χ4v) is 4.08. The van der Waals surface area contributed by atoms with Gasteiger partial charge in [0.15, 0.2) is 11.5 Å². The normalized spacial score (nSPS) is 15.5. The Labute approximate surface area is 156 Å². The summed E-state index contributed by atoms with van der Waals surface area (Å²) in [4.78, 5) is 13.4. The maximum absolute atomic E-state index is 12.8. The Morgan fingerprint density at radius 2 is 1.67 bits per heavy atom. The van der Waals surface area contributed by atoms with Crippen LogP contribution >= 0.6 is 0 Å². The number of hydrogen-bond donors (Lipinski definition) is 1. The van der Waals surface area contributed by atoms with Gasteiger partial charge in [0, 0.05) is 13.0 Å². The highest BCUT2D eigenvalue weighted by Crippen LogP contribution is 2.36. The van der Waals surface area contributed by atoms with Crippen molar-refractivity contribution in [3.8, 4) is 17.2 Å². The summed E-state index contributed by atoms with van der Waals surface area (Å²) in [6.45, 7) is 3.05. The Bertz CT molecular complexity index is 1000. The summed E-state index contributed by atoms with van der Waals surface area (Å²) >= 11 is 0. The van der Waals surface area contributed by atoms with E-state index in [1.165, 1.54) is 24.0 Å². The average Bonchev–Trinajstić information content (AvgIpc) is 2.66. The molecule has 0 saturated carbocycles. The summed E-state index contributed by atoms with van der Waals surface area (Å²) in [7, 11) is -3.86. The van der Waals surface area contributed by atoms with Gasteiger partial charge in [0.1, 0.15) is 25.6 Å². The van der Waals surface area contributed by atoms with Crippen LogP contribution in [-0.4, -0.2) is 40.7 Å². The van der Waals surface area contributed by atoms with Crippen molar-refractivity contribution in [2.45, 2.75) is 11.8 Å². The Hall–Kier alpha value is -2.94. The van der Waals surface area contributed by atoms with Gasteiger partial charge in [-0.1, -0.05) is 0 Å². The maximum atomic E-state index is 12.8. The molecule has 0 unspecified atom stereocenters. The van der Waals surface area contributed by atoms with E-state index in [4.69, 9.17) is 14.2 Å². The first kappa shape index (κ1) is 17.5.